The van der Waals surface area contributed by atoms with E-state index in [4.69, 9.17) is 9.47 Å². The Hall–Kier alpha value is -2.81. The fourth-order valence-electron chi connectivity index (χ4n) is 2.71. The molecule has 0 saturated heterocycles. The molecule has 9 nitrogen and oxygen atoms in total. The van der Waals surface area contributed by atoms with Crippen molar-refractivity contribution in [1.29, 1.82) is 0 Å². The second-order valence-corrected chi connectivity index (χ2v) is 6.26. The number of carbonyl (C=O) groups is 3. The molecule has 1 aromatic rings. The van der Waals surface area contributed by atoms with Crippen LogP contribution in [0.4, 0.5) is 4.79 Å². The first kappa shape index (κ1) is 21.5. The molecule has 0 unspecified atom stereocenters. The molecule has 0 fully saturated rings. The summed E-state index contributed by atoms with van der Waals surface area (Å²) < 4.78 is 15.7. The number of carbonyl (C=O) groups excluding carboxylic acids is 3. The molecule has 0 saturated carbocycles. The van der Waals surface area contributed by atoms with Crippen LogP contribution in [0.1, 0.15) is 32.4 Å². The molecule has 1 aliphatic heterocycles. The number of nitrogens with one attached hydrogen (secondary N) is 2. The molecule has 0 aromatic heterocycles. The van der Waals surface area contributed by atoms with E-state index in [0.717, 1.165) is 5.56 Å². The van der Waals surface area contributed by atoms with Crippen LogP contribution >= 0.6 is 0 Å². The van der Waals surface area contributed by atoms with E-state index < -0.39 is 12.0 Å². The van der Waals surface area contributed by atoms with Gasteiger partial charge in [0.1, 0.15) is 13.2 Å². The van der Waals surface area contributed by atoms with Gasteiger partial charge < -0.3 is 19.5 Å². The number of likely N-dealkylation sites (N-methyl/N-ethyl adjacent to an activating group) is 1. The maximum absolute atomic E-state index is 12.4. The van der Waals surface area contributed by atoms with Gasteiger partial charge in [-0.3, -0.25) is 19.8 Å². The molecule has 2 rings (SSSR count). The molecule has 9 heteroatoms. The zero-order chi connectivity index (χ0) is 20.5. The molecule has 0 bridgehead atoms. The third-order valence-corrected chi connectivity index (χ3v) is 4.14. The quantitative estimate of drug-likeness (QED) is 0.684. The summed E-state index contributed by atoms with van der Waals surface area (Å²) in [5, 5.41) is 5.02. The SMILES string of the molecule is CCOC(=O)NC(=O)CN(CC)CC(=O)N[C@H](C)c1ccc2c(c1)OCCO2. The van der Waals surface area contributed by atoms with Crippen molar-refractivity contribution in [3.05, 3.63) is 23.8 Å². The van der Waals surface area contributed by atoms with Gasteiger partial charge in [-0.1, -0.05) is 13.0 Å². The van der Waals surface area contributed by atoms with Gasteiger partial charge in [0.25, 0.3) is 0 Å². The molecule has 0 radical (unpaired) electrons. The zero-order valence-corrected chi connectivity index (χ0v) is 16.4. The number of fused-ring (bicyclic) bond motifs is 1. The van der Waals surface area contributed by atoms with E-state index in [0.29, 0.717) is 31.3 Å². The molecule has 1 aromatic carbocycles. The van der Waals surface area contributed by atoms with E-state index in [1.54, 1.807) is 11.8 Å². The largest absolute Gasteiger partial charge is 0.486 e. The van der Waals surface area contributed by atoms with E-state index in [2.05, 4.69) is 15.4 Å². The maximum atomic E-state index is 12.4. The van der Waals surface area contributed by atoms with Crippen LogP contribution in [0.25, 0.3) is 0 Å². The minimum atomic E-state index is -0.791. The van der Waals surface area contributed by atoms with Crippen LogP contribution in [0.15, 0.2) is 18.2 Å². The lowest BCUT2D eigenvalue weighted by atomic mass is 10.1. The number of amides is 3. The number of imide groups is 1. The Balaban J connectivity index is 1.85. The van der Waals surface area contributed by atoms with Crippen LogP contribution < -0.4 is 20.1 Å². The Labute approximate surface area is 164 Å². The molecule has 2 N–H and O–H groups in total. The fraction of sp³-hybridized carbons (Fsp3) is 0.526. The number of rotatable bonds is 8. The molecular weight excluding hydrogens is 366 g/mol. The second kappa shape index (κ2) is 10.5. The highest BCUT2D eigenvalue weighted by Gasteiger charge is 2.18. The van der Waals surface area contributed by atoms with Crippen molar-refractivity contribution in [3.63, 3.8) is 0 Å². The van der Waals surface area contributed by atoms with Gasteiger partial charge >= 0.3 is 6.09 Å². The second-order valence-electron chi connectivity index (χ2n) is 6.26. The summed E-state index contributed by atoms with van der Waals surface area (Å²) >= 11 is 0. The molecule has 0 aliphatic carbocycles. The first-order valence-electron chi connectivity index (χ1n) is 9.30. The Bertz CT molecular complexity index is 709. The third kappa shape index (κ3) is 6.41. The summed E-state index contributed by atoms with van der Waals surface area (Å²) in [7, 11) is 0. The van der Waals surface area contributed by atoms with Gasteiger partial charge in [0.2, 0.25) is 11.8 Å². The van der Waals surface area contributed by atoms with E-state index >= 15 is 0 Å². The molecular formula is C19H27N3O6. The summed E-state index contributed by atoms with van der Waals surface area (Å²) in [6, 6.07) is 5.31. The van der Waals surface area contributed by atoms with Crippen molar-refractivity contribution < 1.29 is 28.6 Å². The predicted molar refractivity (Wildman–Crippen MR) is 101 cm³/mol. The topological polar surface area (TPSA) is 106 Å². The monoisotopic (exact) mass is 393 g/mol. The molecule has 1 heterocycles. The zero-order valence-electron chi connectivity index (χ0n) is 16.4. The normalized spacial score (nSPS) is 13.6. The Morgan fingerprint density at radius 3 is 2.46 bits per heavy atom. The summed E-state index contributed by atoms with van der Waals surface area (Å²) in [6.45, 7) is 6.96. The minimum absolute atomic E-state index is 0.0294. The highest BCUT2D eigenvalue weighted by molar-refractivity contribution is 5.93. The fourth-order valence-corrected chi connectivity index (χ4v) is 2.71. The highest BCUT2D eigenvalue weighted by atomic mass is 16.6. The van der Waals surface area contributed by atoms with Crippen LogP contribution in [0.3, 0.4) is 0 Å². The van der Waals surface area contributed by atoms with Crippen molar-refractivity contribution >= 4 is 17.9 Å². The first-order chi connectivity index (χ1) is 13.4. The molecule has 1 aliphatic rings. The van der Waals surface area contributed by atoms with Gasteiger partial charge in [-0.15, -0.1) is 0 Å². The van der Waals surface area contributed by atoms with E-state index in [-0.39, 0.29) is 31.6 Å². The molecule has 1 atom stereocenters. The summed E-state index contributed by atoms with van der Waals surface area (Å²) in [4.78, 5) is 37.1. The molecule has 28 heavy (non-hydrogen) atoms. The Morgan fingerprint density at radius 2 is 1.79 bits per heavy atom. The van der Waals surface area contributed by atoms with Crippen LogP contribution in [0.5, 0.6) is 11.5 Å². The van der Waals surface area contributed by atoms with Crippen LogP contribution in [-0.2, 0) is 14.3 Å². The van der Waals surface area contributed by atoms with Gasteiger partial charge in [-0.05, 0) is 38.1 Å². The smallest absolute Gasteiger partial charge is 0.413 e. The lowest BCUT2D eigenvalue weighted by molar-refractivity contribution is -0.125. The minimum Gasteiger partial charge on any atom is -0.486 e. The Kier molecular flexibility index (Phi) is 8.06. The number of benzene rings is 1. The average Bonchev–Trinajstić information content (AvgIpc) is 2.66. The van der Waals surface area contributed by atoms with Crippen LogP contribution in [0.2, 0.25) is 0 Å². The third-order valence-electron chi connectivity index (χ3n) is 4.14. The van der Waals surface area contributed by atoms with Gasteiger partial charge in [-0.25, -0.2) is 4.79 Å². The lowest BCUT2D eigenvalue weighted by Gasteiger charge is -2.23. The average molecular weight is 393 g/mol. The number of alkyl carbamates (subject to hydrolysis) is 1. The Morgan fingerprint density at radius 1 is 1.11 bits per heavy atom. The number of hydrogen-bond donors (Lipinski definition) is 2. The number of hydrogen-bond acceptors (Lipinski definition) is 7. The summed E-state index contributed by atoms with van der Waals surface area (Å²) in [5.41, 5.74) is 0.890. The molecule has 3 amide bonds. The van der Waals surface area contributed by atoms with E-state index in [1.165, 1.54) is 0 Å². The standard InChI is InChI=1S/C19H27N3O6/c1-4-22(12-18(24)21-19(25)26-5-2)11-17(23)20-13(3)14-6-7-15-16(10-14)28-9-8-27-15/h6-7,10,13H,4-5,8-9,11-12H2,1-3H3,(H,20,23)(H,21,24,25)/t13-/m1/s1. The predicted octanol–water partition coefficient (Wildman–Crippen LogP) is 1.23. The van der Waals surface area contributed by atoms with Crippen LogP contribution in [0, 0.1) is 0 Å². The molecule has 0 spiro atoms. The van der Waals surface area contributed by atoms with Crippen molar-refractivity contribution in [2.24, 2.45) is 0 Å². The van der Waals surface area contributed by atoms with Gasteiger partial charge in [0.15, 0.2) is 11.5 Å². The highest BCUT2D eigenvalue weighted by Crippen LogP contribution is 2.32. The van der Waals surface area contributed by atoms with Gasteiger partial charge in [0.05, 0.1) is 25.7 Å². The van der Waals surface area contributed by atoms with E-state index in [1.807, 2.05) is 32.0 Å². The summed E-state index contributed by atoms with van der Waals surface area (Å²) in [5.74, 6) is 0.607. The van der Waals surface area contributed by atoms with Gasteiger partial charge in [-0.2, -0.15) is 0 Å². The van der Waals surface area contributed by atoms with Crippen LogP contribution in [-0.4, -0.2) is 62.3 Å². The lowest BCUT2D eigenvalue weighted by Crippen LogP contribution is -2.44. The first-order valence-corrected chi connectivity index (χ1v) is 9.30. The maximum Gasteiger partial charge on any atom is 0.413 e. The van der Waals surface area contributed by atoms with Crippen molar-refractivity contribution in [2.45, 2.75) is 26.8 Å². The summed E-state index contributed by atoms with van der Waals surface area (Å²) in [6.07, 6.45) is -0.791. The number of ether oxygens (including phenoxy) is 3. The number of nitrogens with zero attached hydrogens (tertiary/aromatic N) is 1. The molecule has 154 valence electrons. The van der Waals surface area contributed by atoms with E-state index in [9.17, 15) is 14.4 Å². The van der Waals surface area contributed by atoms with Crippen molar-refractivity contribution in [1.82, 2.24) is 15.5 Å². The van der Waals surface area contributed by atoms with Crippen molar-refractivity contribution in [3.8, 4) is 11.5 Å². The van der Waals surface area contributed by atoms with Crippen molar-refractivity contribution in [2.75, 3.05) is 39.5 Å². The van der Waals surface area contributed by atoms with Gasteiger partial charge in [0, 0.05) is 0 Å².